The third kappa shape index (κ3) is 4.04. The fourth-order valence-electron chi connectivity index (χ4n) is 2.00. The molecule has 0 fully saturated rings. The Bertz CT molecular complexity index is 841. The zero-order chi connectivity index (χ0) is 16.9. The zero-order valence-electron chi connectivity index (χ0n) is 12.4. The van der Waals surface area contributed by atoms with Gasteiger partial charge in [0.15, 0.2) is 5.76 Å². The fraction of sp³-hybridized carbons (Fsp3) is 0.0588. The Balaban J connectivity index is 1.54. The predicted molar refractivity (Wildman–Crippen MR) is 93.8 cm³/mol. The average Bonchev–Trinajstić information content (AvgIpc) is 3.26. The summed E-state index contributed by atoms with van der Waals surface area (Å²) in [4.78, 5) is 25.4. The summed E-state index contributed by atoms with van der Waals surface area (Å²) in [5.41, 5.74) is 0.650. The molecule has 2 heterocycles. The van der Waals surface area contributed by atoms with E-state index in [-0.39, 0.29) is 11.8 Å². The first kappa shape index (κ1) is 16.3. The summed E-state index contributed by atoms with van der Waals surface area (Å²) >= 11 is 7.11. The molecule has 2 amide bonds. The molecular weight excluding hydrogens is 348 g/mol. The lowest BCUT2D eigenvalue weighted by Crippen LogP contribution is -2.27. The maximum Gasteiger partial charge on any atom is 0.319 e. The molecule has 2 aromatic heterocycles. The number of amides is 2. The maximum atomic E-state index is 12.1. The van der Waals surface area contributed by atoms with Crippen molar-refractivity contribution in [1.82, 2.24) is 5.32 Å². The summed E-state index contributed by atoms with van der Waals surface area (Å²) < 4.78 is 5.10. The summed E-state index contributed by atoms with van der Waals surface area (Å²) in [6.45, 7) is 0.329. The van der Waals surface area contributed by atoms with Crippen molar-refractivity contribution in [2.75, 3.05) is 5.32 Å². The summed E-state index contributed by atoms with van der Waals surface area (Å²) in [5, 5.41) is 6.05. The molecule has 7 heteroatoms. The molecular formula is C17H13ClN2O3S. The number of urea groups is 1. The van der Waals surface area contributed by atoms with E-state index in [0.29, 0.717) is 27.9 Å². The van der Waals surface area contributed by atoms with Gasteiger partial charge >= 0.3 is 6.03 Å². The van der Waals surface area contributed by atoms with Gasteiger partial charge in [0.2, 0.25) is 5.78 Å². The first-order valence-electron chi connectivity index (χ1n) is 7.09. The van der Waals surface area contributed by atoms with Crippen molar-refractivity contribution in [1.29, 1.82) is 0 Å². The van der Waals surface area contributed by atoms with E-state index in [9.17, 15) is 9.59 Å². The van der Waals surface area contributed by atoms with E-state index in [1.165, 1.54) is 17.6 Å². The molecule has 1 aromatic carbocycles. The number of furan rings is 1. The molecule has 5 nitrogen and oxygen atoms in total. The normalized spacial score (nSPS) is 10.4. The van der Waals surface area contributed by atoms with Gasteiger partial charge in [-0.3, -0.25) is 4.79 Å². The molecule has 0 spiro atoms. The number of nitrogens with one attached hydrogen (secondary N) is 2. The highest BCUT2D eigenvalue weighted by molar-refractivity contribution is 7.14. The lowest BCUT2D eigenvalue weighted by atomic mass is 10.2. The van der Waals surface area contributed by atoms with Gasteiger partial charge in [0.25, 0.3) is 0 Å². The van der Waals surface area contributed by atoms with Crippen molar-refractivity contribution in [3.63, 3.8) is 0 Å². The van der Waals surface area contributed by atoms with Crippen LogP contribution < -0.4 is 10.6 Å². The molecule has 0 radical (unpaired) electrons. The van der Waals surface area contributed by atoms with Crippen molar-refractivity contribution in [3.05, 3.63) is 75.3 Å². The van der Waals surface area contributed by atoms with Gasteiger partial charge < -0.3 is 15.1 Å². The molecule has 0 aliphatic carbocycles. The third-order valence-electron chi connectivity index (χ3n) is 3.16. The van der Waals surface area contributed by atoms with Crippen molar-refractivity contribution >= 4 is 40.4 Å². The lowest BCUT2D eigenvalue weighted by Gasteiger charge is -2.06. The van der Waals surface area contributed by atoms with Crippen LogP contribution in [0, 0.1) is 0 Å². The maximum absolute atomic E-state index is 12.1. The minimum absolute atomic E-state index is 0.165. The molecule has 0 saturated heterocycles. The van der Waals surface area contributed by atoms with Gasteiger partial charge in [-0.2, -0.15) is 0 Å². The summed E-state index contributed by atoms with van der Waals surface area (Å²) in [7, 11) is 0. The second-order valence-electron chi connectivity index (χ2n) is 4.89. The Kier molecular flexibility index (Phi) is 4.98. The Morgan fingerprint density at radius 2 is 1.88 bits per heavy atom. The first-order valence-corrected chi connectivity index (χ1v) is 8.28. The largest absolute Gasteiger partial charge is 0.461 e. The first-order chi connectivity index (χ1) is 11.6. The molecule has 3 rings (SSSR count). The molecule has 0 bridgehead atoms. The van der Waals surface area contributed by atoms with Crippen LogP contribution in [0.25, 0.3) is 0 Å². The van der Waals surface area contributed by atoms with Crippen LogP contribution in [0.1, 0.15) is 20.3 Å². The van der Waals surface area contributed by atoms with Gasteiger partial charge in [0, 0.05) is 15.6 Å². The van der Waals surface area contributed by atoms with E-state index < -0.39 is 0 Å². The smallest absolute Gasteiger partial charge is 0.319 e. The van der Waals surface area contributed by atoms with Gasteiger partial charge in [-0.15, -0.1) is 11.3 Å². The second-order valence-corrected chi connectivity index (χ2v) is 6.49. The van der Waals surface area contributed by atoms with Gasteiger partial charge in [-0.1, -0.05) is 11.6 Å². The van der Waals surface area contributed by atoms with E-state index >= 15 is 0 Å². The number of hydrogen-bond acceptors (Lipinski definition) is 4. The van der Waals surface area contributed by atoms with Gasteiger partial charge in [0.05, 0.1) is 17.7 Å². The molecule has 0 atom stereocenters. The van der Waals surface area contributed by atoms with E-state index in [4.69, 9.17) is 16.0 Å². The van der Waals surface area contributed by atoms with Crippen LogP contribution in [0.3, 0.4) is 0 Å². The standard InChI is InChI=1S/C17H13ClN2O3S/c18-11-3-5-12(6-4-11)20-17(22)19-10-13-7-8-15(24-13)16(21)14-2-1-9-23-14/h1-9H,10H2,(H2,19,20,22). The highest BCUT2D eigenvalue weighted by Crippen LogP contribution is 2.20. The predicted octanol–water partition coefficient (Wildman–Crippen LogP) is 4.55. The molecule has 2 N–H and O–H groups in total. The Labute approximate surface area is 147 Å². The monoisotopic (exact) mass is 360 g/mol. The van der Waals surface area contributed by atoms with E-state index in [1.54, 1.807) is 42.5 Å². The van der Waals surface area contributed by atoms with Crippen molar-refractivity contribution in [2.24, 2.45) is 0 Å². The van der Waals surface area contributed by atoms with Crippen LogP contribution in [-0.2, 0) is 6.54 Å². The van der Waals surface area contributed by atoms with Crippen LogP contribution >= 0.6 is 22.9 Å². The molecule has 3 aromatic rings. The summed E-state index contributed by atoms with van der Waals surface area (Å²) in [5.74, 6) is 0.138. The van der Waals surface area contributed by atoms with Gasteiger partial charge in [-0.05, 0) is 48.5 Å². The second kappa shape index (κ2) is 7.33. The van der Waals surface area contributed by atoms with Crippen LogP contribution in [0.5, 0.6) is 0 Å². The average molecular weight is 361 g/mol. The van der Waals surface area contributed by atoms with Crippen molar-refractivity contribution in [2.45, 2.75) is 6.54 Å². The minimum Gasteiger partial charge on any atom is -0.461 e. The van der Waals surface area contributed by atoms with Gasteiger partial charge in [-0.25, -0.2) is 4.79 Å². The molecule has 0 unspecified atom stereocenters. The molecule has 24 heavy (non-hydrogen) atoms. The number of carbonyl (C=O) groups excluding carboxylic acids is 2. The van der Waals surface area contributed by atoms with E-state index in [2.05, 4.69) is 10.6 Å². The number of carbonyl (C=O) groups is 2. The van der Waals surface area contributed by atoms with E-state index in [0.717, 1.165) is 4.88 Å². The Hall–Kier alpha value is -2.57. The molecule has 0 saturated carbocycles. The summed E-state index contributed by atoms with van der Waals surface area (Å²) in [6.07, 6.45) is 1.46. The molecule has 0 aliphatic heterocycles. The van der Waals surface area contributed by atoms with E-state index in [1.807, 2.05) is 6.07 Å². The number of ketones is 1. The number of anilines is 1. The fourth-order valence-corrected chi connectivity index (χ4v) is 3.02. The summed E-state index contributed by atoms with van der Waals surface area (Å²) in [6, 6.07) is 13.3. The number of halogens is 1. The highest BCUT2D eigenvalue weighted by Gasteiger charge is 2.14. The lowest BCUT2D eigenvalue weighted by molar-refractivity contribution is 0.101. The number of hydrogen-bond donors (Lipinski definition) is 2. The molecule has 0 aliphatic rings. The Morgan fingerprint density at radius 1 is 1.08 bits per heavy atom. The van der Waals surface area contributed by atoms with Gasteiger partial charge in [0.1, 0.15) is 0 Å². The number of benzene rings is 1. The number of thiophene rings is 1. The van der Waals surface area contributed by atoms with Crippen molar-refractivity contribution in [3.8, 4) is 0 Å². The van der Waals surface area contributed by atoms with Crippen molar-refractivity contribution < 1.29 is 14.0 Å². The Morgan fingerprint density at radius 3 is 2.58 bits per heavy atom. The third-order valence-corrected chi connectivity index (χ3v) is 4.49. The van der Waals surface area contributed by atoms with Crippen LogP contribution in [-0.4, -0.2) is 11.8 Å². The van der Waals surface area contributed by atoms with Crippen LogP contribution in [0.15, 0.2) is 59.2 Å². The number of rotatable bonds is 5. The quantitative estimate of drug-likeness (QED) is 0.656. The highest BCUT2D eigenvalue weighted by atomic mass is 35.5. The topological polar surface area (TPSA) is 71.3 Å². The zero-order valence-corrected chi connectivity index (χ0v) is 14.0. The SMILES string of the molecule is O=C(NCc1ccc(C(=O)c2ccco2)s1)Nc1ccc(Cl)cc1. The van der Waals surface area contributed by atoms with Crippen LogP contribution in [0.2, 0.25) is 5.02 Å². The van der Waals surface area contributed by atoms with Crippen LogP contribution in [0.4, 0.5) is 10.5 Å². The minimum atomic E-state index is -0.329. The molecule has 122 valence electrons.